The number of rotatable bonds is 15. The van der Waals surface area contributed by atoms with Crippen LogP contribution < -0.4 is 32.1 Å². The van der Waals surface area contributed by atoms with E-state index in [0.29, 0.717) is 12.0 Å². The number of guanidine groups is 1. The maximum atomic E-state index is 12.9. The van der Waals surface area contributed by atoms with Crippen LogP contribution in [0.25, 0.3) is 0 Å². The number of hydrogen-bond donors (Lipinski definition) is 6. The van der Waals surface area contributed by atoms with Crippen LogP contribution in [0.5, 0.6) is 0 Å². The number of hydrogen-bond acceptors (Lipinski definition) is 8. The monoisotopic (exact) mass is 576 g/mol. The van der Waals surface area contributed by atoms with Gasteiger partial charge in [-0.1, -0.05) is 30.3 Å². The Bertz CT molecular complexity index is 1310. The van der Waals surface area contributed by atoms with Gasteiger partial charge in [-0.2, -0.15) is 0 Å². The van der Waals surface area contributed by atoms with E-state index >= 15 is 0 Å². The predicted molar refractivity (Wildman–Crippen MR) is 148 cm³/mol. The third-order valence-corrected chi connectivity index (χ3v) is 6.03. The zero-order chi connectivity index (χ0) is 29.7. The molecule has 0 unspecified atom stereocenters. The summed E-state index contributed by atoms with van der Waals surface area (Å²) in [5.74, 6) is -2.19. The van der Waals surface area contributed by atoms with E-state index in [-0.39, 0.29) is 36.7 Å². The molecule has 0 saturated carbocycles. The van der Waals surface area contributed by atoms with Gasteiger partial charge in [0.1, 0.15) is 12.1 Å². The van der Waals surface area contributed by atoms with E-state index in [1.807, 2.05) is 0 Å². The molecule has 2 atom stereocenters. The summed E-state index contributed by atoms with van der Waals surface area (Å²) in [4.78, 5) is 52.4. The van der Waals surface area contributed by atoms with Gasteiger partial charge < -0.3 is 27.4 Å². The minimum Gasteiger partial charge on any atom is -0.370 e. The Morgan fingerprint density at radius 2 is 1.65 bits per heavy atom. The van der Waals surface area contributed by atoms with E-state index in [9.17, 15) is 32.9 Å². The van der Waals surface area contributed by atoms with E-state index in [1.165, 1.54) is 24.3 Å². The minimum atomic E-state index is -3.74. The maximum absolute atomic E-state index is 12.9. The maximum Gasteiger partial charge on any atom is 0.269 e. The number of non-ortho nitro benzene ring substituents is 1. The van der Waals surface area contributed by atoms with Gasteiger partial charge in [0.05, 0.1) is 17.7 Å². The zero-order valence-electron chi connectivity index (χ0n) is 21.7. The summed E-state index contributed by atoms with van der Waals surface area (Å²) in [6.45, 7) is -0.348. The Morgan fingerprint density at radius 3 is 2.23 bits per heavy atom. The first kappa shape index (κ1) is 31.6. The number of nitrogens with one attached hydrogen (secondary N) is 4. The number of nitrogens with two attached hydrogens (primary N) is 2. The zero-order valence-corrected chi connectivity index (χ0v) is 22.5. The van der Waals surface area contributed by atoms with Crippen molar-refractivity contribution in [2.24, 2.45) is 16.5 Å². The summed E-state index contributed by atoms with van der Waals surface area (Å²) in [6.07, 6.45) is 1.41. The van der Waals surface area contributed by atoms with Gasteiger partial charge in [-0.15, -0.1) is 0 Å². The smallest absolute Gasteiger partial charge is 0.269 e. The first-order chi connectivity index (χ1) is 18.8. The van der Waals surface area contributed by atoms with Crippen molar-refractivity contribution in [1.82, 2.24) is 15.4 Å². The molecule has 2 aromatic rings. The van der Waals surface area contributed by atoms with Gasteiger partial charge in [0, 0.05) is 24.4 Å². The van der Waals surface area contributed by atoms with Crippen molar-refractivity contribution >= 4 is 45.1 Å². The van der Waals surface area contributed by atoms with Crippen LogP contribution in [0.1, 0.15) is 18.4 Å². The van der Waals surface area contributed by atoms with Crippen LogP contribution in [0.15, 0.2) is 59.6 Å². The number of anilines is 1. The molecule has 3 amide bonds. The van der Waals surface area contributed by atoms with Crippen LogP contribution in [0.2, 0.25) is 0 Å². The number of benzene rings is 2. The second-order valence-electron chi connectivity index (χ2n) is 8.71. The SMILES string of the molecule is CS(=O)(=O)N[C@H](Cc1ccccc1)C(=O)NCC(=O)N[C@@H](CCCN=C(N)N)C(=O)Nc1ccc([N+](=O)[O-])cc1. The molecule has 0 aliphatic rings. The molecule has 2 rings (SSSR count). The Labute approximate surface area is 231 Å². The molecule has 0 spiro atoms. The summed E-state index contributed by atoms with van der Waals surface area (Å²) in [7, 11) is -3.74. The Morgan fingerprint density at radius 1 is 1.00 bits per heavy atom. The molecule has 0 heterocycles. The van der Waals surface area contributed by atoms with Crippen molar-refractivity contribution in [3.05, 3.63) is 70.3 Å². The second kappa shape index (κ2) is 15.1. The highest BCUT2D eigenvalue weighted by molar-refractivity contribution is 7.88. The number of aliphatic imine (C=N–C) groups is 1. The molecule has 0 aliphatic heterocycles. The quantitative estimate of drug-likeness (QED) is 0.0518. The number of nitro benzene ring substituents is 1. The standard InChI is InChI=1S/C24H32N8O7S/c1-40(38,39)31-20(14-16-6-3-2-4-7-16)22(34)28-15-21(33)30-19(8-5-13-27-24(25)26)23(35)29-17-9-11-18(12-10-17)32(36)37/h2-4,6-7,9-12,19-20,31H,5,8,13-15H2,1H3,(H,28,34)(H,29,35)(H,30,33)(H4,25,26,27)/t19-,20+/m0/s1. The topological polar surface area (TPSA) is 241 Å². The van der Waals surface area contributed by atoms with Gasteiger partial charge in [0.15, 0.2) is 5.96 Å². The van der Waals surface area contributed by atoms with E-state index < -0.39 is 51.3 Å². The molecule has 15 nitrogen and oxygen atoms in total. The molecule has 0 aliphatic carbocycles. The fourth-order valence-electron chi connectivity index (χ4n) is 3.50. The highest BCUT2D eigenvalue weighted by Crippen LogP contribution is 2.16. The molecule has 216 valence electrons. The van der Waals surface area contributed by atoms with Gasteiger partial charge in [-0.25, -0.2) is 13.1 Å². The Balaban J connectivity index is 2.05. The lowest BCUT2D eigenvalue weighted by Gasteiger charge is -2.20. The molecule has 0 fully saturated rings. The number of carbonyl (C=O) groups is 3. The largest absolute Gasteiger partial charge is 0.370 e. The average molecular weight is 577 g/mol. The van der Waals surface area contributed by atoms with Crippen LogP contribution in [0.3, 0.4) is 0 Å². The first-order valence-electron chi connectivity index (χ1n) is 12.0. The van der Waals surface area contributed by atoms with Crippen LogP contribution in [-0.2, 0) is 30.8 Å². The molecule has 40 heavy (non-hydrogen) atoms. The molecule has 0 bridgehead atoms. The Kier molecular flexibility index (Phi) is 12.0. The molecule has 0 saturated heterocycles. The minimum absolute atomic E-state index is 0.0480. The van der Waals surface area contributed by atoms with E-state index in [4.69, 9.17) is 11.5 Å². The van der Waals surface area contributed by atoms with E-state index in [2.05, 4.69) is 25.7 Å². The van der Waals surface area contributed by atoms with E-state index in [1.54, 1.807) is 30.3 Å². The lowest BCUT2D eigenvalue weighted by atomic mass is 10.1. The van der Waals surface area contributed by atoms with Crippen molar-refractivity contribution in [1.29, 1.82) is 0 Å². The van der Waals surface area contributed by atoms with Gasteiger partial charge in [0.2, 0.25) is 27.7 Å². The third kappa shape index (κ3) is 11.9. The Hall–Kier alpha value is -4.57. The summed E-state index contributed by atoms with van der Waals surface area (Å²) in [5.41, 5.74) is 11.4. The molecule has 16 heteroatoms. The fraction of sp³-hybridized carbons (Fsp3) is 0.333. The molecular formula is C24H32N8O7S. The molecule has 0 radical (unpaired) electrons. The molecule has 2 aromatic carbocycles. The van der Waals surface area contributed by atoms with Crippen molar-refractivity contribution in [2.75, 3.05) is 24.7 Å². The molecule has 8 N–H and O–H groups in total. The van der Waals surface area contributed by atoms with Gasteiger partial charge in [-0.05, 0) is 37.0 Å². The van der Waals surface area contributed by atoms with Crippen LogP contribution in [-0.4, -0.2) is 68.5 Å². The number of nitrogens with zero attached hydrogens (tertiary/aromatic N) is 2. The first-order valence-corrected chi connectivity index (χ1v) is 13.9. The lowest BCUT2D eigenvalue weighted by molar-refractivity contribution is -0.384. The number of carbonyl (C=O) groups excluding carboxylic acids is 3. The normalized spacial score (nSPS) is 12.4. The highest BCUT2D eigenvalue weighted by atomic mass is 32.2. The third-order valence-electron chi connectivity index (χ3n) is 5.32. The van der Waals surface area contributed by atoms with Crippen LogP contribution >= 0.6 is 0 Å². The fourth-order valence-corrected chi connectivity index (χ4v) is 4.21. The van der Waals surface area contributed by atoms with Gasteiger partial charge in [-0.3, -0.25) is 29.5 Å². The summed E-state index contributed by atoms with van der Waals surface area (Å²) in [5, 5.41) is 18.3. The predicted octanol–water partition coefficient (Wildman–Crippen LogP) is -0.652. The molecule has 0 aromatic heterocycles. The number of amides is 3. The highest BCUT2D eigenvalue weighted by Gasteiger charge is 2.25. The van der Waals surface area contributed by atoms with Crippen molar-refractivity contribution in [3.8, 4) is 0 Å². The number of sulfonamides is 1. The second-order valence-corrected chi connectivity index (χ2v) is 10.5. The van der Waals surface area contributed by atoms with Gasteiger partial charge in [0.25, 0.3) is 5.69 Å². The lowest BCUT2D eigenvalue weighted by Crippen LogP contribution is -2.51. The number of nitro groups is 1. The average Bonchev–Trinajstić information content (AvgIpc) is 2.88. The molecular weight excluding hydrogens is 544 g/mol. The summed E-state index contributed by atoms with van der Waals surface area (Å²) >= 11 is 0. The van der Waals surface area contributed by atoms with Crippen molar-refractivity contribution in [2.45, 2.75) is 31.3 Å². The summed E-state index contributed by atoms with van der Waals surface area (Å²) in [6, 6.07) is 11.6. The van der Waals surface area contributed by atoms with Gasteiger partial charge >= 0.3 is 0 Å². The van der Waals surface area contributed by atoms with Crippen molar-refractivity contribution in [3.63, 3.8) is 0 Å². The summed E-state index contributed by atoms with van der Waals surface area (Å²) < 4.78 is 25.8. The van der Waals surface area contributed by atoms with Crippen molar-refractivity contribution < 1.29 is 27.7 Å². The van der Waals surface area contributed by atoms with Crippen LogP contribution in [0.4, 0.5) is 11.4 Å². The van der Waals surface area contributed by atoms with E-state index in [0.717, 1.165) is 6.26 Å². The van der Waals surface area contributed by atoms with Crippen LogP contribution in [0, 0.1) is 10.1 Å².